The number of amides is 1. The average molecular weight is 258 g/mol. The lowest BCUT2D eigenvalue weighted by atomic mass is 10.1. The number of rotatable bonds is 5. The molecule has 0 aromatic heterocycles. The minimum absolute atomic E-state index is 0.151. The van der Waals surface area contributed by atoms with Crippen LogP contribution in [0.1, 0.15) is 30.1 Å². The molecule has 4 nitrogen and oxygen atoms in total. The molecular formula is C12H16ClNO3. The van der Waals surface area contributed by atoms with Gasteiger partial charge in [-0.1, -0.05) is 24.9 Å². The van der Waals surface area contributed by atoms with Gasteiger partial charge in [0.05, 0.1) is 11.7 Å². The van der Waals surface area contributed by atoms with Crippen LogP contribution in [-0.2, 0) is 0 Å². The molecule has 0 bridgehead atoms. The second-order valence-corrected chi connectivity index (χ2v) is 4.25. The molecule has 1 rings (SSSR count). The first kappa shape index (κ1) is 13.8. The van der Waals surface area contributed by atoms with Crippen molar-refractivity contribution in [3.05, 3.63) is 28.8 Å². The van der Waals surface area contributed by atoms with E-state index in [9.17, 15) is 15.0 Å². The number of carbonyl (C=O) groups excluding carboxylic acids is 1. The summed E-state index contributed by atoms with van der Waals surface area (Å²) < 4.78 is 0. The van der Waals surface area contributed by atoms with Crippen LogP contribution in [0.15, 0.2) is 18.2 Å². The Morgan fingerprint density at radius 1 is 1.53 bits per heavy atom. The molecule has 0 aliphatic rings. The van der Waals surface area contributed by atoms with Crippen LogP contribution in [0, 0.1) is 0 Å². The van der Waals surface area contributed by atoms with Gasteiger partial charge in [0.15, 0.2) is 0 Å². The SMILES string of the molecule is CCCC(O)CNC(=O)c1ccc(Cl)cc1O. The van der Waals surface area contributed by atoms with E-state index in [2.05, 4.69) is 5.32 Å². The maximum absolute atomic E-state index is 11.7. The van der Waals surface area contributed by atoms with Gasteiger partial charge in [-0.25, -0.2) is 0 Å². The predicted octanol–water partition coefficient (Wildman–Crippen LogP) is 1.94. The zero-order valence-corrected chi connectivity index (χ0v) is 10.4. The fourth-order valence-electron chi connectivity index (χ4n) is 1.44. The highest BCUT2D eigenvalue weighted by Crippen LogP contribution is 2.21. The fourth-order valence-corrected chi connectivity index (χ4v) is 1.60. The maximum atomic E-state index is 11.7. The number of hydrogen-bond donors (Lipinski definition) is 3. The van der Waals surface area contributed by atoms with Crippen molar-refractivity contribution >= 4 is 17.5 Å². The number of aromatic hydroxyl groups is 1. The van der Waals surface area contributed by atoms with E-state index in [0.29, 0.717) is 11.4 Å². The number of aliphatic hydroxyl groups excluding tert-OH is 1. The zero-order chi connectivity index (χ0) is 12.8. The highest BCUT2D eigenvalue weighted by molar-refractivity contribution is 6.30. The second kappa shape index (κ2) is 6.47. The Kier molecular flexibility index (Phi) is 5.25. The molecular weight excluding hydrogens is 242 g/mol. The van der Waals surface area contributed by atoms with Crippen molar-refractivity contribution in [3.63, 3.8) is 0 Å². The minimum atomic E-state index is -0.557. The summed E-state index contributed by atoms with van der Waals surface area (Å²) in [5, 5.41) is 21.9. The summed E-state index contributed by atoms with van der Waals surface area (Å²) in [7, 11) is 0. The molecule has 0 spiro atoms. The van der Waals surface area contributed by atoms with E-state index < -0.39 is 12.0 Å². The van der Waals surface area contributed by atoms with Gasteiger partial charge in [0.2, 0.25) is 0 Å². The normalized spacial score (nSPS) is 12.2. The Morgan fingerprint density at radius 3 is 2.82 bits per heavy atom. The molecule has 0 fully saturated rings. The van der Waals surface area contributed by atoms with Crippen LogP contribution in [0.3, 0.4) is 0 Å². The average Bonchev–Trinajstić information content (AvgIpc) is 2.26. The van der Waals surface area contributed by atoms with Crippen LogP contribution in [0.2, 0.25) is 5.02 Å². The van der Waals surface area contributed by atoms with E-state index in [4.69, 9.17) is 11.6 Å². The topological polar surface area (TPSA) is 69.6 Å². The van der Waals surface area contributed by atoms with Gasteiger partial charge in [-0.05, 0) is 24.6 Å². The Balaban J connectivity index is 2.58. The quantitative estimate of drug-likeness (QED) is 0.755. The number of aliphatic hydroxyl groups is 1. The summed E-state index contributed by atoms with van der Waals surface area (Å²) in [6, 6.07) is 4.27. The Labute approximate surface area is 105 Å². The van der Waals surface area contributed by atoms with Crippen molar-refractivity contribution in [2.24, 2.45) is 0 Å². The van der Waals surface area contributed by atoms with E-state index in [0.717, 1.165) is 6.42 Å². The molecule has 0 aliphatic heterocycles. The largest absolute Gasteiger partial charge is 0.507 e. The van der Waals surface area contributed by atoms with E-state index >= 15 is 0 Å². The van der Waals surface area contributed by atoms with Crippen LogP contribution in [0.4, 0.5) is 0 Å². The summed E-state index contributed by atoms with van der Waals surface area (Å²) in [6.07, 6.45) is 0.925. The van der Waals surface area contributed by atoms with Crippen molar-refractivity contribution in [1.29, 1.82) is 0 Å². The zero-order valence-electron chi connectivity index (χ0n) is 9.61. The smallest absolute Gasteiger partial charge is 0.255 e. The van der Waals surface area contributed by atoms with Crippen LogP contribution >= 0.6 is 11.6 Å². The van der Waals surface area contributed by atoms with Gasteiger partial charge in [-0.3, -0.25) is 4.79 Å². The van der Waals surface area contributed by atoms with Gasteiger partial charge in [-0.15, -0.1) is 0 Å². The molecule has 1 amide bonds. The molecule has 1 atom stereocenters. The first-order valence-corrected chi connectivity index (χ1v) is 5.87. The van der Waals surface area contributed by atoms with Crippen molar-refractivity contribution in [2.75, 3.05) is 6.54 Å². The van der Waals surface area contributed by atoms with Gasteiger partial charge in [0.1, 0.15) is 5.75 Å². The van der Waals surface area contributed by atoms with Crippen LogP contribution in [0.25, 0.3) is 0 Å². The number of nitrogens with one attached hydrogen (secondary N) is 1. The van der Waals surface area contributed by atoms with E-state index in [1.165, 1.54) is 18.2 Å². The monoisotopic (exact) mass is 257 g/mol. The molecule has 1 aromatic carbocycles. The summed E-state index contributed by atoms with van der Waals surface area (Å²) in [6.45, 7) is 2.13. The lowest BCUT2D eigenvalue weighted by Crippen LogP contribution is -2.32. The first-order chi connectivity index (χ1) is 8.04. The number of phenolic OH excluding ortho intramolecular Hbond substituents is 1. The van der Waals surface area contributed by atoms with Crippen molar-refractivity contribution in [1.82, 2.24) is 5.32 Å². The summed E-state index contributed by atoms with van der Waals surface area (Å²) in [5.74, 6) is -0.589. The molecule has 1 aromatic rings. The Hall–Kier alpha value is -1.26. The first-order valence-electron chi connectivity index (χ1n) is 5.49. The van der Waals surface area contributed by atoms with Crippen LogP contribution in [-0.4, -0.2) is 28.8 Å². The Bertz CT molecular complexity index is 395. The third-order valence-corrected chi connectivity index (χ3v) is 2.56. The standard InChI is InChI=1S/C12H16ClNO3/c1-2-3-9(15)7-14-12(17)10-5-4-8(13)6-11(10)16/h4-6,9,15-16H,2-3,7H2,1H3,(H,14,17). The van der Waals surface area contributed by atoms with Gasteiger partial charge in [-0.2, -0.15) is 0 Å². The third kappa shape index (κ3) is 4.24. The van der Waals surface area contributed by atoms with Crippen molar-refractivity contribution in [2.45, 2.75) is 25.9 Å². The molecule has 0 heterocycles. The number of hydrogen-bond acceptors (Lipinski definition) is 3. The minimum Gasteiger partial charge on any atom is -0.507 e. The van der Waals surface area contributed by atoms with Crippen LogP contribution in [0.5, 0.6) is 5.75 Å². The molecule has 94 valence electrons. The Morgan fingerprint density at radius 2 is 2.24 bits per heavy atom. The predicted molar refractivity (Wildman–Crippen MR) is 66.4 cm³/mol. The van der Waals surface area contributed by atoms with E-state index in [-0.39, 0.29) is 17.9 Å². The molecule has 3 N–H and O–H groups in total. The maximum Gasteiger partial charge on any atom is 0.255 e. The van der Waals surface area contributed by atoms with Gasteiger partial charge < -0.3 is 15.5 Å². The lowest BCUT2D eigenvalue weighted by molar-refractivity contribution is 0.0907. The van der Waals surface area contributed by atoms with E-state index in [1.807, 2.05) is 6.92 Å². The highest BCUT2D eigenvalue weighted by Gasteiger charge is 2.12. The van der Waals surface area contributed by atoms with Crippen molar-refractivity contribution in [3.8, 4) is 5.75 Å². The number of phenols is 1. The summed E-state index contributed by atoms with van der Waals surface area (Å²) in [5.41, 5.74) is 0.151. The molecule has 0 aliphatic carbocycles. The summed E-state index contributed by atoms with van der Waals surface area (Å²) in [4.78, 5) is 11.7. The third-order valence-electron chi connectivity index (χ3n) is 2.32. The van der Waals surface area contributed by atoms with Crippen LogP contribution < -0.4 is 5.32 Å². The lowest BCUT2D eigenvalue weighted by Gasteiger charge is -2.11. The van der Waals surface area contributed by atoms with E-state index in [1.54, 1.807) is 0 Å². The van der Waals surface area contributed by atoms with Gasteiger partial charge >= 0.3 is 0 Å². The fraction of sp³-hybridized carbons (Fsp3) is 0.417. The summed E-state index contributed by atoms with van der Waals surface area (Å²) >= 11 is 5.66. The highest BCUT2D eigenvalue weighted by atomic mass is 35.5. The molecule has 0 radical (unpaired) electrons. The van der Waals surface area contributed by atoms with Gasteiger partial charge in [0, 0.05) is 11.6 Å². The molecule has 17 heavy (non-hydrogen) atoms. The second-order valence-electron chi connectivity index (χ2n) is 3.81. The molecule has 0 saturated carbocycles. The molecule has 5 heteroatoms. The number of carbonyl (C=O) groups is 1. The number of benzene rings is 1. The number of halogens is 1. The molecule has 1 unspecified atom stereocenters. The van der Waals surface area contributed by atoms with Gasteiger partial charge in [0.25, 0.3) is 5.91 Å². The van der Waals surface area contributed by atoms with Crippen molar-refractivity contribution < 1.29 is 15.0 Å². The molecule has 0 saturated heterocycles.